The van der Waals surface area contributed by atoms with E-state index in [2.05, 4.69) is 11.6 Å². The van der Waals surface area contributed by atoms with Crippen molar-refractivity contribution in [1.82, 2.24) is 9.88 Å². The van der Waals surface area contributed by atoms with Gasteiger partial charge in [-0.25, -0.2) is 0 Å². The highest BCUT2D eigenvalue weighted by Crippen LogP contribution is 2.13. The van der Waals surface area contributed by atoms with E-state index >= 15 is 0 Å². The second-order valence-electron chi connectivity index (χ2n) is 3.71. The van der Waals surface area contributed by atoms with E-state index in [0.29, 0.717) is 5.56 Å². The number of aromatic nitrogens is 1. The van der Waals surface area contributed by atoms with E-state index < -0.39 is 0 Å². The molecule has 0 bridgehead atoms. The molecule has 3 heteroatoms. The van der Waals surface area contributed by atoms with Crippen molar-refractivity contribution >= 4 is 12.0 Å². The first-order chi connectivity index (χ1) is 7.31. The summed E-state index contributed by atoms with van der Waals surface area (Å²) >= 11 is 0. The van der Waals surface area contributed by atoms with Gasteiger partial charge in [-0.1, -0.05) is 12.7 Å². The highest BCUT2D eigenvalue weighted by molar-refractivity contribution is 5.94. The van der Waals surface area contributed by atoms with Gasteiger partial charge < -0.3 is 4.90 Å². The summed E-state index contributed by atoms with van der Waals surface area (Å²) in [5.74, 6) is 0.0868. The molecule has 0 atom stereocenters. The van der Waals surface area contributed by atoms with Gasteiger partial charge in [-0.2, -0.15) is 0 Å². The Morgan fingerprint density at radius 2 is 2.13 bits per heavy atom. The number of carbonyl (C=O) groups is 1. The maximum absolute atomic E-state index is 12.0. The number of rotatable bonds is 2. The predicted molar refractivity (Wildman–Crippen MR) is 59.5 cm³/mol. The van der Waals surface area contributed by atoms with Gasteiger partial charge in [0, 0.05) is 25.5 Å². The minimum Gasteiger partial charge on any atom is -0.339 e. The lowest BCUT2D eigenvalue weighted by atomic mass is 10.2. The Labute approximate surface area is 89.4 Å². The smallest absolute Gasteiger partial charge is 0.255 e. The molecule has 15 heavy (non-hydrogen) atoms. The lowest BCUT2D eigenvalue weighted by Crippen LogP contribution is -2.27. The number of hydrogen-bond acceptors (Lipinski definition) is 2. The van der Waals surface area contributed by atoms with Gasteiger partial charge in [0.15, 0.2) is 0 Å². The van der Waals surface area contributed by atoms with Gasteiger partial charge in [-0.15, -0.1) is 0 Å². The number of nitrogens with zero attached hydrogens (tertiary/aromatic N) is 2. The Balaban J connectivity index is 2.20. The molecule has 0 radical (unpaired) electrons. The van der Waals surface area contributed by atoms with Crippen LogP contribution in [0.3, 0.4) is 0 Å². The van der Waals surface area contributed by atoms with Crippen molar-refractivity contribution in [2.75, 3.05) is 13.1 Å². The van der Waals surface area contributed by atoms with E-state index in [9.17, 15) is 4.79 Å². The second-order valence-corrected chi connectivity index (χ2v) is 3.71. The zero-order valence-electron chi connectivity index (χ0n) is 8.65. The van der Waals surface area contributed by atoms with Gasteiger partial charge in [0.25, 0.3) is 5.91 Å². The molecule has 0 unspecified atom stereocenters. The van der Waals surface area contributed by atoms with Crippen molar-refractivity contribution in [3.63, 3.8) is 0 Å². The Morgan fingerprint density at radius 3 is 2.80 bits per heavy atom. The summed E-state index contributed by atoms with van der Waals surface area (Å²) < 4.78 is 0. The molecule has 0 saturated carbocycles. The van der Waals surface area contributed by atoms with E-state index in [4.69, 9.17) is 0 Å². The van der Waals surface area contributed by atoms with Crippen molar-refractivity contribution in [2.45, 2.75) is 12.8 Å². The largest absolute Gasteiger partial charge is 0.339 e. The van der Waals surface area contributed by atoms with Gasteiger partial charge >= 0.3 is 0 Å². The maximum atomic E-state index is 12.0. The third-order valence-electron chi connectivity index (χ3n) is 2.64. The van der Waals surface area contributed by atoms with Gasteiger partial charge in [-0.3, -0.25) is 9.78 Å². The minimum absolute atomic E-state index is 0.0868. The van der Waals surface area contributed by atoms with E-state index in [-0.39, 0.29) is 5.91 Å². The van der Waals surface area contributed by atoms with Gasteiger partial charge in [0.05, 0.1) is 5.56 Å². The van der Waals surface area contributed by atoms with Crippen molar-refractivity contribution in [3.05, 3.63) is 36.2 Å². The standard InChI is InChI=1S/C12H14N2O/c1-2-10-7-11(9-13-8-10)12(15)14-5-3-4-6-14/h2,7-9H,1,3-6H2. The first-order valence-electron chi connectivity index (χ1n) is 5.18. The molecule has 1 saturated heterocycles. The maximum Gasteiger partial charge on any atom is 0.255 e. The topological polar surface area (TPSA) is 33.2 Å². The number of amides is 1. The molecule has 78 valence electrons. The Kier molecular flexibility index (Phi) is 2.81. The summed E-state index contributed by atoms with van der Waals surface area (Å²) in [5.41, 5.74) is 1.55. The van der Waals surface area contributed by atoms with Crippen LogP contribution in [0, 0.1) is 0 Å². The fourth-order valence-electron chi connectivity index (χ4n) is 1.79. The molecule has 1 amide bonds. The zero-order chi connectivity index (χ0) is 10.7. The van der Waals surface area contributed by atoms with Crippen LogP contribution in [-0.4, -0.2) is 28.9 Å². The van der Waals surface area contributed by atoms with Crippen molar-refractivity contribution in [2.24, 2.45) is 0 Å². The average Bonchev–Trinajstić information content (AvgIpc) is 2.81. The molecule has 0 N–H and O–H groups in total. The summed E-state index contributed by atoms with van der Waals surface area (Å²) in [7, 11) is 0. The van der Waals surface area contributed by atoms with E-state index in [1.54, 1.807) is 18.5 Å². The number of carbonyl (C=O) groups excluding carboxylic acids is 1. The van der Waals surface area contributed by atoms with E-state index in [0.717, 1.165) is 31.5 Å². The van der Waals surface area contributed by atoms with Crippen LogP contribution >= 0.6 is 0 Å². The van der Waals surface area contributed by atoms with Gasteiger partial charge in [0.1, 0.15) is 0 Å². The Morgan fingerprint density at radius 1 is 1.40 bits per heavy atom. The fraction of sp³-hybridized carbons (Fsp3) is 0.333. The van der Waals surface area contributed by atoms with Crippen LogP contribution in [0.4, 0.5) is 0 Å². The quantitative estimate of drug-likeness (QED) is 0.734. The molecule has 0 aliphatic carbocycles. The highest BCUT2D eigenvalue weighted by atomic mass is 16.2. The predicted octanol–water partition coefficient (Wildman–Crippen LogP) is 1.96. The molecule has 1 aromatic heterocycles. The van der Waals surface area contributed by atoms with Crippen LogP contribution in [0.15, 0.2) is 25.0 Å². The number of pyridine rings is 1. The average molecular weight is 202 g/mol. The third-order valence-corrected chi connectivity index (χ3v) is 2.64. The van der Waals surface area contributed by atoms with Crippen molar-refractivity contribution in [1.29, 1.82) is 0 Å². The molecular weight excluding hydrogens is 188 g/mol. The molecule has 2 heterocycles. The molecule has 0 spiro atoms. The molecular formula is C12H14N2O. The van der Waals surface area contributed by atoms with Crippen LogP contribution in [0.25, 0.3) is 6.08 Å². The molecule has 1 aliphatic heterocycles. The van der Waals surface area contributed by atoms with Gasteiger partial charge in [0.2, 0.25) is 0 Å². The first-order valence-corrected chi connectivity index (χ1v) is 5.18. The highest BCUT2D eigenvalue weighted by Gasteiger charge is 2.19. The number of hydrogen-bond donors (Lipinski definition) is 0. The van der Waals surface area contributed by atoms with Crippen LogP contribution in [0.5, 0.6) is 0 Å². The molecule has 3 nitrogen and oxygen atoms in total. The molecule has 2 rings (SSSR count). The molecule has 1 aliphatic rings. The van der Waals surface area contributed by atoms with Crippen LogP contribution in [0.1, 0.15) is 28.8 Å². The lowest BCUT2D eigenvalue weighted by molar-refractivity contribution is 0.0792. The number of likely N-dealkylation sites (tertiary alicyclic amines) is 1. The van der Waals surface area contributed by atoms with E-state index in [1.165, 1.54) is 0 Å². The summed E-state index contributed by atoms with van der Waals surface area (Å²) in [6.07, 6.45) is 7.25. The third kappa shape index (κ3) is 2.06. The molecule has 1 aromatic rings. The molecule has 0 aromatic carbocycles. The summed E-state index contributed by atoms with van der Waals surface area (Å²) in [4.78, 5) is 17.9. The summed E-state index contributed by atoms with van der Waals surface area (Å²) in [6.45, 7) is 5.41. The fourth-order valence-corrected chi connectivity index (χ4v) is 1.79. The first kappa shape index (κ1) is 9.90. The van der Waals surface area contributed by atoms with Crippen molar-refractivity contribution < 1.29 is 4.79 Å². The van der Waals surface area contributed by atoms with Crippen LogP contribution < -0.4 is 0 Å². The Hall–Kier alpha value is -1.64. The second kappa shape index (κ2) is 4.26. The van der Waals surface area contributed by atoms with Crippen molar-refractivity contribution in [3.8, 4) is 0 Å². The Bertz CT molecular complexity index is 381. The summed E-state index contributed by atoms with van der Waals surface area (Å²) in [6, 6.07) is 1.83. The summed E-state index contributed by atoms with van der Waals surface area (Å²) in [5, 5.41) is 0. The van der Waals surface area contributed by atoms with Gasteiger partial charge in [-0.05, 0) is 24.5 Å². The molecule has 1 fully saturated rings. The minimum atomic E-state index is 0.0868. The van der Waals surface area contributed by atoms with Crippen LogP contribution in [-0.2, 0) is 0 Å². The van der Waals surface area contributed by atoms with E-state index in [1.807, 2.05) is 11.0 Å². The SMILES string of the molecule is C=Cc1cncc(C(=O)N2CCCC2)c1. The monoisotopic (exact) mass is 202 g/mol. The van der Waals surface area contributed by atoms with Crippen LogP contribution in [0.2, 0.25) is 0 Å². The normalized spacial score (nSPS) is 15.3. The lowest BCUT2D eigenvalue weighted by Gasteiger charge is -2.14. The zero-order valence-corrected chi connectivity index (χ0v) is 8.65.